The number of carbonyl (C=O) groups excluding carboxylic acids is 3. The summed E-state index contributed by atoms with van der Waals surface area (Å²) in [4.78, 5) is 35.6. The average molecular weight is 405 g/mol. The molecule has 2 aromatic rings. The fourth-order valence-electron chi connectivity index (χ4n) is 2.04. The SMILES string of the molecule is CCOC(=O)c1ccc(NC(=O)C(=O)Nc2ccc(Br)cc2C)cc1. The molecule has 0 radical (unpaired) electrons. The lowest BCUT2D eigenvalue weighted by Gasteiger charge is -2.09. The van der Waals surface area contributed by atoms with Crippen molar-refractivity contribution in [1.82, 2.24) is 0 Å². The number of anilines is 2. The highest BCUT2D eigenvalue weighted by atomic mass is 79.9. The Kier molecular flexibility index (Phi) is 6.30. The van der Waals surface area contributed by atoms with Crippen LogP contribution in [0.3, 0.4) is 0 Å². The number of hydrogen-bond donors (Lipinski definition) is 2. The third-order valence-corrected chi connectivity index (χ3v) is 3.79. The van der Waals surface area contributed by atoms with E-state index in [4.69, 9.17) is 4.74 Å². The molecule has 130 valence electrons. The molecule has 6 nitrogen and oxygen atoms in total. The number of aryl methyl sites for hydroxylation is 1. The van der Waals surface area contributed by atoms with Gasteiger partial charge < -0.3 is 15.4 Å². The Bertz CT molecular complexity index is 803. The number of nitrogens with one attached hydrogen (secondary N) is 2. The lowest BCUT2D eigenvalue weighted by Crippen LogP contribution is -2.29. The monoisotopic (exact) mass is 404 g/mol. The molecule has 0 heterocycles. The van der Waals surface area contributed by atoms with Crippen molar-refractivity contribution in [3.05, 3.63) is 58.1 Å². The van der Waals surface area contributed by atoms with Gasteiger partial charge in [0.1, 0.15) is 0 Å². The highest BCUT2D eigenvalue weighted by molar-refractivity contribution is 9.10. The van der Waals surface area contributed by atoms with Gasteiger partial charge in [0.25, 0.3) is 0 Å². The summed E-state index contributed by atoms with van der Waals surface area (Å²) >= 11 is 3.34. The van der Waals surface area contributed by atoms with Crippen LogP contribution < -0.4 is 10.6 Å². The van der Waals surface area contributed by atoms with Gasteiger partial charge >= 0.3 is 17.8 Å². The highest BCUT2D eigenvalue weighted by Gasteiger charge is 2.15. The van der Waals surface area contributed by atoms with Gasteiger partial charge in [-0.2, -0.15) is 0 Å². The minimum atomic E-state index is -0.800. The maximum atomic E-state index is 12.0. The van der Waals surface area contributed by atoms with Gasteiger partial charge in [-0.05, 0) is 61.9 Å². The molecule has 0 fully saturated rings. The number of carbonyl (C=O) groups is 3. The molecule has 0 aliphatic rings. The van der Waals surface area contributed by atoms with Crippen LogP contribution in [0.25, 0.3) is 0 Å². The first-order valence-corrected chi connectivity index (χ1v) is 8.35. The van der Waals surface area contributed by atoms with Gasteiger partial charge in [-0.1, -0.05) is 15.9 Å². The molecule has 7 heteroatoms. The molecule has 0 atom stereocenters. The molecule has 25 heavy (non-hydrogen) atoms. The van der Waals surface area contributed by atoms with E-state index in [1.807, 2.05) is 13.0 Å². The lowest BCUT2D eigenvalue weighted by atomic mass is 10.2. The summed E-state index contributed by atoms with van der Waals surface area (Å²) in [7, 11) is 0. The van der Waals surface area contributed by atoms with Crippen LogP contribution in [0.15, 0.2) is 46.9 Å². The number of rotatable bonds is 4. The fourth-order valence-corrected chi connectivity index (χ4v) is 2.51. The van der Waals surface area contributed by atoms with Crippen LogP contribution in [-0.2, 0) is 14.3 Å². The summed E-state index contributed by atoms with van der Waals surface area (Å²) in [5, 5.41) is 5.04. The Morgan fingerprint density at radius 3 is 2.24 bits per heavy atom. The maximum Gasteiger partial charge on any atom is 0.338 e. The van der Waals surface area contributed by atoms with E-state index in [0.717, 1.165) is 10.0 Å². The van der Waals surface area contributed by atoms with Crippen LogP contribution in [0.4, 0.5) is 11.4 Å². The minimum Gasteiger partial charge on any atom is -0.462 e. The van der Waals surface area contributed by atoms with Gasteiger partial charge in [0.05, 0.1) is 12.2 Å². The van der Waals surface area contributed by atoms with Gasteiger partial charge in [-0.25, -0.2) is 4.79 Å². The second-order valence-electron chi connectivity index (χ2n) is 5.17. The van der Waals surface area contributed by atoms with E-state index in [1.165, 1.54) is 24.3 Å². The van der Waals surface area contributed by atoms with E-state index in [2.05, 4.69) is 26.6 Å². The summed E-state index contributed by atoms with van der Waals surface area (Å²) in [6.07, 6.45) is 0. The molecular weight excluding hydrogens is 388 g/mol. The predicted molar refractivity (Wildman–Crippen MR) is 98.5 cm³/mol. The Hall–Kier alpha value is -2.67. The van der Waals surface area contributed by atoms with Crippen molar-refractivity contribution >= 4 is 45.1 Å². The Morgan fingerprint density at radius 2 is 1.64 bits per heavy atom. The number of benzene rings is 2. The molecule has 2 amide bonds. The van der Waals surface area contributed by atoms with Crippen molar-refractivity contribution < 1.29 is 19.1 Å². The molecule has 0 saturated carbocycles. The number of amides is 2. The van der Waals surface area contributed by atoms with Gasteiger partial charge in [-0.15, -0.1) is 0 Å². The summed E-state index contributed by atoms with van der Waals surface area (Å²) < 4.78 is 5.76. The molecule has 0 unspecified atom stereocenters. The third kappa shape index (κ3) is 5.15. The molecule has 0 spiro atoms. The molecule has 2 N–H and O–H groups in total. The average Bonchev–Trinajstić information content (AvgIpc) is 2.58. The predicted octanol–water partition coefficient (Wildman–Crippen LogP) is 3.51. The van der Waals surface area contributed by atoms with E-state index >= 15 is 0 Å². The zero-order valence-corrected chi connectivity index (χ0v) is 15.3. The quantitative estimate of drug-likeness (QED) is 0.602. The molecular formula is C18H17BrN2O4. The van der Waals surface area contributed by atoms with Crippen molar-refractivity contribution in [3.8, 4) is 0 Å². The van der Waals surface area contributed by atoms with E-state index in [0.29, 0.717) is 16.9 Å². The number of halogens is 1. The zero-order chi connectivity index (χ0) is 18.4. The normalized spacial score (nSPS) is 10.0. The fraction of sp³-hybridized carbons (Fsp3) is 0.167. The third-order valence-electron chi connectivity index (χ3n) is 3.30. The van der Waals surface area contributed by atoms with Crippen LogP contribution in [0, 0.1) is 6.92 Å². The van der Waals surface area contributed by atoms with Gasteiger partial charge in [-0.3, -0.25) is 9.59 Å². The first kappa shape index (κ1) is 18.7. The molecule has 0 aliphatic carbocycles. The van der Waals surface area contributed by atoms with E-state index in [1.54, 1.807) is 19.1 Å². The molecule has 0 saturated heterocycles. The first-order chi connectivity index (χ1) is 11.9. The number of esters is 1. The van der Waals surface area contributed by atoms with Crippen LogP contribution >= 0.6 is 15.9 Å². The summed E-state index contributed by atoms with van der Waals surface area (Å²) in [5.74, 6) is -2.02. The van der Waals surface area contributed by atoms with E-state index < -0.39 is 17.8 Å². The van der Waals surface area contributed by atoms with Crippen LogP contribution in [0.5, 0.6) is 0 Å². The van der Waals surface area contributed by atoms with Crippen LogP contribution in [-0.4, -0.2) is 24.4 Å². The number of ether oxygens (including phenoxy) is 1. The standard InChI is InChI=1S/C18H17BrN2O4/c1-3-25-18(24)12-4-7-14(8-5-12)20-16(22)17(23)21-15-9-6-13(19)10-11(15)2/h4-10H,3H2,1-2H3,(H,20,22)(H,21,23). The minimum absolute atomic E-state index is 0.285. The second-order valence-corrected chi connectivity index (χ2v) is 6.08. The Morgan fingerprint density at radius 1 is 1.00 bits per heavy atom. The van der Waals surface area contributed by atoms with Crippen molar-refractivity contribution in [1.29, 1.82) is 0 Å². The summed E-state index contributed by atoms with van der Waals surface area (Å²) in [5.41, 5.74) is 2.16. The molecule has 2 rings (SSSR count). The zero-order valence-electron chi connectivity index (χ0n) is 13.8. The topological polar surface area (TPSA) is 84.5 Å². The summed E-state index contributed by atoms with van der Waals surface area (Å²) in [6, 6.07) is 11.4. The maximum absolute atomic E-state index is 12.0. The Labute approximate surface area is 153 Å². The van der Waals surface area contributed by atoms with Crippen molar-refractivity contribution in [2.75, 3.05) is 17.2 Å². The van der Waals surface area contributed by atoms with Gasteiger partial charge in [0.15, 0.2) is 0 Å². The lowest BCUT2D eigenvalue weighted by molar-refractivity contribution is -0.133. The molecule has 2 aromatic carbocycles. The van der Waals surface area contributed by atoms with E-state index in [9.17, 15) is 14.4 Å². The van der Waals surface area contributed by atoms with Crippen LogP contribution in [0.1, 0.15) is 22.8 Å². The Balaban J connectivity index is 1.99. The largest absolute Gasteiger partial charge is 0.462 e. The number of hydrogen-bond acceptors (Lipinski definition) is 4. The van der Waals surface area contributed by atoms with Crippen molar-refractivity contribution in [2.24, 2.45) is 0 Å². The second kappa shape index (κ2) is 8.43. The summed E-state index contributed by atoms with van der Waals surface area (Å²) in [6.45, 7) is 3.83. The molecule has 0 bridgehead atoms. The highest BCUT2D eigenvalue weighted by Crippen LogP contribution is 2.20. The molecule has 0 aromatic heterocycles. The van der Waals surface area contributed by atoms with Gasteiger partial charge in [0, 0.05) is 15.8 Å². The molecule has 0 aliphatic heterocycles. The smallest absolute Gasteiger partial charge is 0.338 e. The van der Waals surface area contributed by atoms with Crippen LogP contribution in [0.2, 0.25) is 0 Å². The van der Waals surface area contributed by atoms with Crippen molar-refractivity contribution in [3.63, 3.8) is 0 Å². The first-order valence-electron chi connectivity index (χ1n) is 7.56. The van der Waals surface area contributed by atoms with Crippen molar-refractivity contribution in [2.45, 2.75) is 13.8 Å². The van der Waals surface area contributed by atoms with Gasteiger partial charge in [0.2, 0.25) is 0 Å². The van der Waals surface area contributed by atoms with E-state index in [-0.39, 0.29) is 6.61 Å².